The van der Waals surface area contributed by atoms with E-state index in [0.717, 1.165) is 11.3 Å². The number of benzene rings is 3. The average molecular weight is 538 g/mol. The van der Waals surface area contributed by atoms with Crippen LogP contribution in [0.3, 0.4) is 0 Å². The van der Waals surface area contributed by atoms with E-state index in [2.05, 4.69) is 55.2 Å². The van der Waals surface area contributed by atoms with E-state index in [1.54, 1.807) is 7.11 Å². The zero-order valence-electron chi connectivity index (χ0n) is 21.3. The third-order valence-electron chi connectivity index (χ3n) is 5.98. The first-order valence-corrected chi connectivity index (χ1v) is 13.4. The zero-order valence-corrected chi connectivity index (χ0v) is 22.9. The van der Waals surface area contributed by atoms with Gasteiger partial charge in [-0.2, -0.15) is 0 Å². The molecule has 0 saturated heterocycles. The lowest BCUT2D eigenvalue weighted by molar-refractivity contribution is 0.0982. The van der Waals surface area contributed by atoms with Crippen molar-refractivity contribution in [2.24, 2.45) is 0 Å². The highest BCUT2D eigenvalue weighted by Gasteiger charge is 2.19. The van der Waals surface area contributed by atoms with E-state index in [9.17, 15) is 9.18 Å². The van der Waals surface area contributed by atoms with Crippen molar-refractivity contribution in [3.63, 3.8) is 0 Å². The van der Waals surface area contributed by atoms with Gasteiger partial charge in [0.1, 0.15) is 11.6 Å². The summed E-state index contributed by atoms with van der Waals surface area (Å²) in [7, 11) is 1.58. The van der Waals surface area contributed by atoms with Gasteiger partial charge in [0.15, 0.2) is 16.8 Å². The molecule has 1 heterocycles. The molecule has 5 nitrogen and oxygen atoms in total. The SMILES string of the molecule is COc1ccc(-n2c(SCCCC(=O)c3ccc(F)cc3)nnc2-c2ccc(C(C)(C)C)cc2)cc1Cl. The van der Waals surface area contributed by atoms with Crippen LogP contribution >= 0.6 is 23.4 Å². The van der Waals surface area contributed by atoms with Crippen LogP contribution in [0.4, 0.5) is 4.39 Å². The summed E-state index contributed by atoms with van der Waals surface area (Å²) >= 11 is 7.97. The van der Waals surface area contributed by atoms with Crippen molar-refractivity contribution in [2.75, 3.05) is 12.9 Å². The Morgan fingerprint density at radius 2 is 1.73 bits per heavy atom. The fraction of sp³-hybridized carbons (Fsp3) is 0.276. The van der Waals surface area contributed by atoms with Gasteiger partial charge in [-0.05, 0) is 59.9 Å². The summed E-state index contributed by atoms with van der Waals surface area (Å²) in [5.41, 5.74) is 3.54. The lowest BCUT2D eigenvalue weighted by atomic mass is 9.87. The summed E-state index contributed by atoms with van der Waals surface area (Å²) < 4.78 is 20.4. The van der Waals surface area contributed by atoms with Gasteiger partial charge in [0.25, 0.3) is 0 Å². The van der Waals surface area contributed by atoms with Crippen LogP contribution in [0.25, 0.3) is 17.1 Å². The quantitative estimate of drug-likeness (QED) is 0.124. The molecule has 0 aliphatic rings. The maximum absolute atomic E-state index is 13.1. The van der Waals surface area contributed by atoms with Gasteiger partial charge in [-0.15, -0.1) is 10.2 Å². The lowest BCUT2D eigenvalue weighted by Crippen LogP contribution is -2.10. The number of carbonyl (C=O) groups is 1. The van der Waals surface area contributed by atoms with Gasteiger partial charge in [-0.1, -0.05) is 68.4 Å². The molecule has 0 amide bonds. The maximum Gasteiger partial charge on any atom is 0.196 e. The van der Waals surface area contributed by atoms with E-state index >= 15 is 0 Å². The Kier molecular flexibility index (Phi) is 8.35. The van der Waals surface area contributed by atoms with E-state index in [0.29, 0.717) is 45.9 Å². The number of nitrogens with zero attached hydrogens (tertiary/aromatic N) is 3. The van der Waals surface area contributed by atoms with Crippen molar-refractivity contribution < 1.29 is 13.9 Å². The summed E-state index contributed by atoms with van der Waals surface area (Å²) in [6.45, 7) is 6.54. The van der Waals surface area contributed by atoms with Crippen molar-refractivity contribution in [2.45, 2.75) is 44.2 Å². The predicted octanol–water partition coefficient (Wildman–Crippen LogP) is 7.79. The molecule has 4 aromatic rings. The summed E-state index contributed by atoms with van der Waals surface area (Å²) in [4.78, 5) is 12.4. The topological polar surface area (TPSA) is 57.0 Å². The van der Waals surface area contributed by atoms with Gasteiger partial charge in [0.2, 0.25) is 0 Å². The monoisotopic (exact) mass is 537 g/mol. The highest BCUT2D eigenvalue weighted by molar-refractivity contribution is 7.99. The minimum absolute atomic E-state index is 0.0105. The van der Waals surface area contributed by atoms with E-state index in [-0.39, 0.29) is 17.0 Å². The van der Waals surface area contributed by atoms with E-state index in [1.807, 2.05) is 22.8 Å². The van der Waals surface area contributed by atoms with E-state index in [4.69, 9.17) is 16.3 Å². The number of hydrogen-bond acceptors (Lipinski definition) is 5. The van der Waals surface area contributed by atoms with Crippen LogP contribution in [0.2, 0.25) is 5.02 Å². The third-order valence-corrected chi connectivity index (χ3v) is 7.29. The standard InChI is InChI=1S/C29H29ClFN3O2S/c1-29(2,3)21-11-7-20(8-12-21)27-32-33-28(34(27)23-15-16-26(36-4)24(30)18-23)37-17-5-6-25(35)19-9-13-22(31)14-10-19/h7-16,18H,5-6,17H2,1-4H3. The molecule has 0 radical (unpaired) electrons. The Hall–Kier alpha value is -3.16. The molecular formula is C29H29ClFN3O2S. The second-order valence-corrected chi connectivity index (χ2v) is 11.1. The minimum atomic E-state index is -0.353. The van der Waals surface area contributed by atoms with Crippen LogP contribution in [0.15, 0.2) is 71.9 Å². The molecule has 0 N–H and O–H groups in total. The lowest BCUT2D eigenvalue weighted by Gasteiger charge is -2.19. The Morgan fingerprint density at radius 1 is 1.03 bits per heavy atom. The summed E-state index contributed by atoms with van der Waals surface area (Å²) in [5.74, 6) is 1.59. The molecule has 1 aromatic heterocycles. The summed E-state index contributed by atoms with van der Waals surface area (Å²) in [6, 6.07) is 19.6. The average Bonchev–Trinajstić information content (AvgIpc) is 3.30. The van der Waals surface area contributed by atoms with E-state index < -0.39 is 0 Å². The molecule has 37 heavy (non-hydrogen) atoms. The number of aromatic nitrogens is 3. The smallest absolute Gasteiger partial charge is 0.196 e. The number of rotatable bonds is 9. The number of thioether (sulfide) groups is 1. The maximum atomic E-state index is 13.1. The molecule has 0 aliphatic carbocycles. The molecule has 0 unspecified atom stereocenters. The second kappa shape index (κ2) is 11.5. The Balaban J connectivity index is 1.57. The van der Waals surface area contributed by atoms with Crippen LogP contribution < -0.4 is 4.74 Å². The second-order valence-electron chi connectivity index (χ2n) is 9.67. The molecule has 192 valence electrons. The molecule has 0 bridgehead atoms. The minimum Gasteiger partial charge on any atom is -0.495 e. The van der Waals surface area contributed by atoms with E-state index in [1.165, 1.54) is 41.6 Å². The molecule has 3 aromatic carbocycles. The van der Waals surface area contributed by atoms with Gasteiger partial charge >= 0.3 is 0 Å². The number of hydrogen-bond donors (Lipinski definition) is 0. The number of carbonyl (C=O) groups excluding carboxylic acids is 1. The van der Waals surface area contributed by atoms with Crippen LogP contribution in [0.5, 0.6) is 5.75 Å². The van der Waals surface area contributed by atoms with Crippen molar-refractivity contribution >= 4 is 29.1 Å². The van der Waals surface area contributed by atoms with Crippen LogP contribution in [-0.2, 0) is 5.41 Å². The number of halogens is 2. The van der Waals surface area contributed by atoms with Crippen LogP contribution in [-0.4, -0.2) is 33.4 Å². The normalized spacial score (nSPS) is 11.5. The Labute approximate surface area is 226 Å². The fourth-order valence-corrected chi connectivity index (χ4v) is 5.02. The number of methoxy groups -OCH3 is 1. The Morgan fingerprint density at radius 3 is 2.35 bits per heavy atom. The number of Topliss-reactive ketones (excluding diaryl/α,β-unsaturated/α-hetero) is 1. The molecule has 4 rings (SSSR count). The molecule has 0 spiro atoms. The summed E-state index contributed by atoms with van der Waals surface area (Å²) in [6.07, 6.45) is 1.01. The van der Waals surface area contributed by atoms with Crippen LogP contribution in [0, 0.1) is 5.82 Å². The first-order chi connectivity index (χ1) is 17.7. The molecule has 0 aliphatic heterocycles. The Bertz CT molecular complexity index is 1380. The van der Waals surface area contributed by atoms with Gasteiger partial charge in [-0.3, -0.25) is 9.36 Å². The zero-order chi connectivity index (χ0) is 26.6. The molecule has 8 heteroatoms. The molecular weight excluding hydrogens is 509 g/mol. The summed E-state index contributed by atoms with van der Waals surface area (Å²) in [5, 5.41) is 10.2. The fourth-order valence-electron chi connectivity index (χ4n) is 3.87. The van der Waals surface area contributed by atoms with Crippen LogP contribution in [0.1, 0.15) is 49.5 Å². The largest absolute Gasteiger partial charge is 0.495 e. The third kappa shape index (κ3) is 6.40. The van der Waals surface area contributed by atoms with Gasteiger partial charge in [0.05, 0.1) is 17.8 Å². The van der Waals surface area contributed by atoms with Crippen molar-refractivity contribution in [3.05, 3.63) is 88.7 Å². The van der Waals surface area contributed by atoms with Gasteiger partial charge in [-0.25, -0.2) is 4.39 Å². The van der Waals surface area contributed by atoms with Crippen molar-refractivity contribution in [3.8, 4) is 22.8 Å². The molecule has 0 saturated carbocycles. The highest BCUT2D eigenvalue weighted by atomic mass is 35.5. The number of ether oxygens (including phenoxy) is 1. The van der Waals surface area contributed by atoms with Gasteiger partial charge in [0, 0.05) is 23.3 Å². The molecule has 0 atom stereocenters. The first-order valence-electron chi connectivity index (χ1n) is 12.0. The predicted molar refractivity (Wildman–Crippen MR) is 148 cm³/mol. The number of ketones is 1. The van der Waals surface area contributed by atoms with Crippen molar-refractivity contribution in [1.82, 2.24) is 14.8 Å². The van der Waals surface area contributed by atoms with Crippen molar-refractivity contribution in [1.29, 1.82) is 0 Å². The first kappa shape index (κ1) is 26.9. The molecule has 0 fully saturated rings. The van der Waals surface area contributed by atoms with Gasteiger partial charge < -0.3 is 4.74 Å². The highest BCUT2D eigenvalue weighted by Crippen LogP contribution is 2.33.